The predicted octanol–water partition coefficient (Wildman–Crippen LogP) is 3.92. The predicted molar refractivity (Wildman–Crippen MR) is 81.9 cm³/mol. The Balaban J connectivity index is 2.02. The minimum atomic E-state index is 0.400. The molecule has 0 fully saturated rings. The van der Waals surface area contributed by atoms with Crippen LogP contribution in [-0.2, 0) is 6.42 Å². The molecule has 1 unspecified atom stereocenters. The maximum absolute atomic E-state index is 4.47. The van der Waals surface area contributed by atoms with Crippen molar-refractivity contribution in [3.8, 4) is 0 Å². The Hall–Kier alpha value is -0.910. The van der Waals surface area contributed by atoms with Crippen LogP contribution in [-0.4, -0.2) is 15.9 Å². The normalized spacial score (nSPS) is 12.6. The van der Waals surface area contributed by atoms with E-state index in [9.17, 15) is 0 Å². The van der Waals surface area contributed by atoms with Crippen molar-refractivity contribution >= 4 is 23.3 Å². The molecule has 5 heteroatoms. The summed E-state index contributed by atoms with van der Waals surface area (Å²) in [5.74, 6) is 0.935. The topological polar surface area (TPSA) is 37.8 Å². The number of aromatic nitrogens is 2. The lowest BCUT2D eigenvalue weighted by Crippen LogP contribution is -2.17. The average molecular weight is 293 g/mol. The Bertz CT molecular complexity index is 508. The number of nitrogens with zero attached hydrogens (tertiary/aromatic N) is 2. The van der Waals surface area contributed by atoms with E-state index in [4.69, 9.17) is 0 Å². The van der Waals surface area contributed by atoms with E-state index in [-0.39, 0.29) is 0 Å². The zero-order valence-corrected chi connectivity index (χ0v) is 13.1. The van der Waals surface area contributed by atoms with Crippen LogP contribution in [0.2, 0.25) is 0 Å². The first-order valence-electron chi connectivity index (χ1n) is 6.56. The molecule has 0 bridgehead atoms. The van der Waals surface area contributed by atoms with Gasteiger partial charge in [-0.05, 0) is 42.7 Å². The van der Waals surface area contributed by atoms with Crippen molar-refractivity contribution in [2.45, 2.75) is 42.5 Å². The first kappa shape index (κ1) is 14.5. The molecule has 0 radical (unpaired) electrons. The Morgan fingerprint density at radius 3 is 2.58 bits per heavy atom. The van der Waals surface area contributed by atoms with Crippen molar-refractivity contribution in [3.63, 3.8) is 0 Å². The third kappa shape index (κ3) is 4.03. The van der Waals surface area contributed by atoms with Crippen molar-refractivity contribution in [1.82, 2.24) is 14.7 Å². The van der Waals surface area contributed by atoms with Gasteiger partial charge < -0.3 is 5.32 Å². The smallest absolute Gasteiger partial charge is 0.174 e. The lowest BCUT2D eigenvalue weighted by Gasteiger charge is -2.12. The van der Waals surface area contributed by atoms with Crippen LogP contribution in [0, 0.1) is 0 Å². The molecule has 102 valence electrons. The van der Waals surface area contributed by atoms with E-state index in [1.165, 1.54) is 22.0 Å². The highest BCUT2D eigenvalue weighted by Crippen LogP contribution is 2.29. The minimum Gasteiger partial charge on any atom is -0.310 e. The minimum absolute atomic E-state index is 0.400. The summed E-state index contributed by atoms with van der Waals surface area (Å²) in [6.07, 6.45) is 0.899. The van der Waals surface area contributed by atoms with Crippen LogP contribution in [0.3, 0.4) is 0 Å². The Kier molecular flexibility index (Phi) is 5.36. The summed E-state index contributed by atoms with van der Waals surface area (Å²) in [6.45, 7) is 7.38. The maximum Gasteiger partial charge on any atom is 0.174 e. The number of hydrogen-bond acceptors (Lipinski definition) is 5. The van der Waals surface area contributed by atoms with Crippen molar-refractivity contribution < 1.29 is 0 Å². The number of benzene rings is 1. The fraction of sp³-hybridized carbons (Fsp3) is 0.429. The van der Waals surface area contributed by atoms with Crippen molar-refractivity contribution in [1.29, 1.82) is 0 Å². The SMILES string of the molecule is CCNC(C)c1ccc(Sc2nc(CC)ns2)cc1. The molecule has 19 heavy (non-hydrogen) atoms. The molecule has 0 spiro atoms. The zero-order valence-electron chi connectivity index (χ0n) is 11.5. The highest BCUT2D eigenvalue weighted by molar-refractivity contribution is 8.01. The van der Waals surface area contributed by atoms with Gasteiger partial charge in [-0.3, -0.25) is 0 Å². The van der Waals surface area contributed by atoms with Gasteiger partial charge in [0.25, 0.3) is 0 Å². The lowest BCUT2D eigenvalue weighted by atomic mass is 10.1. The summed E-state index contributed by atoms with van der Waals surface area (Å²) in [4.78, 5) is 5.68. The van der Waals surface area contributed by atoms with Gasteiger partial charge >= 0.3 is 0 Å². The van der Waals surface area contributed by atoms with Gasteiger partial charge in [-0.1, -0.05) is 37.7 Å². The monoisotopic (exact) mass is 293 g/mol. The van der Waals surface area contributed by atoms with Gasteiger partial charge in [0, 0.05) is 17.4 Å². The molecular weight excluding hydrogens is 274 g/mol. The van der Waals surface area contributed by atoms with E-state index < -0.39 is 0 Å². The third-order valence-corrected chi connectivity index (χ3v) is 4.66. The zero-order chi connectivity index (χ0) is 13.7. The second kappa shape index (κ2) is 7.03. The summed E-state index contributed by atoms with van der Waals surface area (Å²) in [6, 6.07) is 9.06. The molecule has 1 atom stereocenters. The van der Waals surface area contributed by atoms with Crippen molar-refractivity contribution in [2.24, 2.45) is 0 Å². The van der Waals surface area contributed by atoms with Gasteiger partial charge in [0.05, 0.1) is 0 Å². The number of hydrogen-bond donors (Lipinski definition) is 1. The highest BCUT2D eigenvalue weighted by atomic mass is 32.2. The number of rotatable bonds is 6. The quantitative estimate of drug-likeness (QED) is 0.876. The second-order valence-electron chi connectivity index (χ2n) is 4.28. The van der Waals surface area contributed by atoms with Gasteiger partial charge in [-0.25, -0.2) is 4.98 Å². The summed E-state index contributed by atoms with van der Waals surface area (Å²) < 4.78 is 5.32. The summed E-state index contributed by atoms with van der Waals surface area (Å²) >= 11 is 3.16. The Morgan fingerprint density at radius 1 is 1.26 bits per heavy atom. The fourth-order valence-electron chi connectivity index (χ4n) is 1.77. The number of aryl methyl sites for hydroxylation is 1. The molecule has 1 heterocycles. The van der Waals surface area contributed by atoms with E-state index in [0.717, 1.165) is 23.1 Å². The standard InChI is InChI=1S/C14H19N3S2/c1-4-13-16-14(19-17-13)18-12-8-6-11(7-9-12)10(3)15-5-2/h6-10,15H,4-5H2,1-3H3. The van der Waals surface area contributed by atoms with Gasteiger partial charge in [0.15, 0.2) is 4.34 Å². The maximum atomic E-state index is 4.47. The van der Waals surface area contributed by atoms with E-state index in [0.29, 0.717) is 6.04 Å². The molecule has 3 nitrogen and oxygen atoms in total. The molecule has 1 aromatic heterocycles. The third-order valence-electron chi connectivity index (χ3n) is 2.86. The van der Waals surface area contributed by atoms with Gasteiger partial charge in [-0.15, -0.1) is 0 Å². The first-order chi connectivity index (χ1) is 9.22. The Morgan fingerprint density at radius 2 is 2.00 bits per heavy atom. The molecular formula is C14H19N3S2. The van der Waals surface area contributed by atoms with Gasteiger partial charge in [0.1, 0.15) is 5.82 Å². The Labute approximate surface area is 123 Å². The molecule has 0 saturated heterocycles. The molecule has 0 aliphatic carbocycles. The summed E-state index contributed by atoms with van der Waals surface area (Å²) in [5, 5.41) is 3.41. The van der Waals surface area contributed by atoms with Crippen LogP contribution >= 0.6 is 23.3 Å². The van der Waals surface area contributed by atoms with Crippen LogP contribution in [0.5, 0.6) is 0 Å². The van der Waals surface area contributed by atoms with Crippen LogP contribution in [0.25, 0.3) is 0 Å². The van der Waals surface area contributed by atoms with Gasteiger partial charge in [0.2, 0.25) is 0 Å². The number of nitrogens with one attached hydrogen (secondary N) is 1. The lowest BCUT2D eigenvalue weighted by molar-refractivity contribution is 0.598. The van der Waals surface area contributed by atoms with Crippen molar-refractivity contribution in [3.05, 3.63) is 35.7 Å². The summed E-state index contributed by atoms with van der Waals surface area (Å²) in [5.41, 5.74) is 1.32. The molecule has 0 aliphatic rings. The second-order valence-corrected chi connectivity index (χ2v) is 6.35. The first-order valence-corrected chi connectivity index (χ1v) is 8.15. The van der Waals surface area contributed by atoms with Crippen LogP contribution < -0.4 is 5.32 Å². The van der Waals surface area contributed by atoms with E-state index in [1.54, 1.807) is 11.8 Å². The molecule has 1 aromatic carbocycles. The van der Waals surface area contributed by atoms with E-state index >= 15 is 0 Å². The van der Waals surface area contributed by atoms with Crippen molar-refractivity contribution in [2.75, 3.05) is 6.54 Å². The highest BCUT2D eigenvalue weighted by Gasteiger charge is 2.06. The van der Waals surface area contributed by atoms with E-state index in [1.807, 2.05) is 0 Å². The van der Waals surface area contributed by atoms with Crippen LogP contribution in [0.15, 0.2) is 33.5 Å². The molecule has 0 saturated carbocycles. The molecule has 2 rings (SSSR count). The largest absolute Gasteiger partial charge is 0.310 e. The molecule has 0 amide bonds. The van der Waals surface area contributed by atoms with E-state index in [2.05, 4.69) is 59.7 Å². The van der Waals surface area contributed by atoms with Crippen LogP contribution in [0.1, 0.15) is 38.2 Å². The van der Waals surface area contributed by atoms with Crippen LogP contribution in [0.4, 0.5) is 0 Å². The molecule has 2 aromatic rings. The fourth-order valence-corrected chi connectivity index (χ4v) is 3.45. The van der Waals surface area contributed by atoms with Gasteiger partial charge in [-0.2, -0.15) is 4.37 Å². The molecule has 1 N–H and O–H groups in total. The average Bonchev–Trinajstić information content (AvgIpc) is 2.87. The summed E-state index contributed by atoms with van der Waals surface area (Å²) in [7, 11) is 0. The molecule has 0 aliphatic heterocycles.